The first-order chi connectivity index (χ1) is 12.1. The van der Waals surface area contributed by atoms with Crippen LogP contribution in [0.5, 0.6) is 0 Å². The zero-order valence-electron chi connectivity index (χ0n) is 14.4. The molecule has 0 spiro atoms. The van der Waals surface area contributed by atoms with Crippen molar-refractivity contribution in [2.75, 3.05) is 18.4 Å². The van der Waals surface area contributed by atoms with E-state index < -0.39 is 0 Å². The van der Waals surface area contributed by atoms with Crippen LogP contribution in [0.15, 0.2) is 18.7 Å². The number of aryl methyl sites for hydroxylation is 1. The fraction of sp³-hybridized carbons (Fsp3) is 0.562. The number of rotatable bonds is 5. The number of carbonyl (C=O) groups excluding carboxylic acids is 2. The SMILES string of the molecule is Cc1cnn(CC(=O)Nc2ncn(CC(=O)N3CCCCCC3)n2)c1. The average Bonchev–Trinajstić information content (AvgIpc) is 3.07. The molecule has 1 aliphatic rings. The molecule has 0 atom stereocenters. The van der Waals surface area contributed by atoms with Gasteiger partial charge in [0.15, 0.2) is 0 Å². The summed E-state index contributed by atoms with van der Waals surface area (Å²) < 4.78 is 3.01. The van der Waals surface area contributed by atoms with Crippen molar-refractivity contribution in [3.05, 3.63) is 24.3 Å². The predicted molar refractivity (Wildman–Crippen MR) is 90.7 cm³/mol. The summed E-state index contributed by atoms with van der Waals surface area (Å²) in [6.45, 7) is 3.75. The van der Waals surface area contributed by atoms with Gasteiger partial charge in [0.25, 0.3) is 0 Å². The Morgan fingerprint density at radius 3 is 2.56 bits per heavy atom. The third kappa shape index (κ3) is 4.88. The van der Waals surface area contributed by atoms with E-state index in [1.807, 2.05) is 11.8 Å². The summed E-state index contributed by atoms with van der Waals surface area (Å²) in [5.41, 5.74) is 0.988. The highest BCUT2D eigenvalue weighted by Gasteiger charge is 2.17. The summed E-state index contributed by atoms with van der Waals surface area (Å²) >= 11 is 0. The van der Waals surface area contributed by atoms with Crippen molar-refractivity contribution in [1.29, 1.82) is 0 Å². The van der Waals surface area contributed by atoms with Crippen LogP contribution in [0, 0.1) is 6.92 Å². The highest BCUT2D eigenvalue weighted by Crippen LogP contribution is 2.10. The first-order valence-corrected chi connectivity index (χ1v) is 8.56. The van der Waals surface area contributed by atoms with Gasteiger partial charge in [-0.05, 0) is 25.3 Å². The molecule has 0 bridgehead atoms. The van der Waals surface area contributed by atoms with E-state index in [9.17, 15) is 9.59 Å². The monoisotopic (exact) mass is 345 g/mol. The Bertz CT molecular complexity index is 728. The van der Waals surface area contributed by atoms with Crippen LogP contribution in [0.25, 0.3) is 0 Å². The molecule has 2 aromatic heterocycles. The van der Waals surface area contributed by atoms with Crippen LogP contribution in [0.1, 0.15) is 31.2 Å². The molecule has 3 heterocycles. The molecule has 25 heavy (non-hydrogen) atoms. The van der Waals surface area contributed by atoms with Gasteiger partial charge in [0.05, 0.1) is 6.20 Å². The number of anilines is 1. The largest absolute Gasteiger partial charge is 0.341 e. The average molecular weight is 345 g/mol. The number of nitrogens with zero attached hydrogens (tertiary/aromatic N) is 6. The Balaban J connectivity index is 1.51. The van der Waals surface area contributed by atoms with Gasteiger partial charge in [0, 0.05) is 19.3 Å². The lowest BCUT2D eigenvalue weighted by Crippen LogP contribution is -2.34. The van der Waals surface area contributed by atoms with Crippen molar-refractivity contribution >= 4 is 17.8 Å². The van der Waals surface area contributed by atoms with Crippen molar-refractivity contribution in [2.24, 2.45) is 0 Å². The fourth-order valence-corrected chi connectivity index (χ4v) is 2.85. The molecule has 1 saturated heterocycles. The van der Waals surface area contributed by atoms with E-state index in [0.29, 0.717) is 0 Å². The molecule has 1 fully saturated rings. The van der Waals surface area contributed by atoms with Crippen molar-refractivity contribution in [2.45, 2.75) is 45.7 Å². The topological polar surface area (TPSA) is 97.9 Å². The van der Waals surface area contributed by atoms with Crippen molar-refractivity contribution in [3.63, 3.8) is 0 Å². The van der Waals surface area contributed by atoms with Gasteiger partial charge in [-0.25, -0.2) is 9.67 Å². The van der Waals surface area contributed by atoms with Crippen LogP contribution in [-0.4, -0.2) is 54.3 Å². The van der Waals surface area contributed by atoms with E-state index in [1.54, 1.807) is 17.1 Å². The Kier molecular flexibility index (Phi) is 5.42. The highest BCUT2D eigenvalue weighted by molar-refractivity contribution is 5.88. The lowest BCUT2D eigenvalue weighted by atomic mass is 10.2. The van der Waals surface area contributed by atoms with Gasteiger partial charge < -0.3 is 4.90 Å². The van der Waals surface area contributed by atoms with Gasteiger partial charge in [-0.15, -0.1) is 5.10 Å². The van der Waals surface area contributed by atoms with Gasteiger partial charge in [-0.1, -0.05) is 12.8 Å². The van der Waals surface area contributed by atoms with Crippen LogP contribution in [-0.2, 0) is 22.7 Å². The first-order valence-electron chi connectivity index (χ1n) is 8.56. The first kappa shape index (κ1) is 17.1. The molecule has 2 aromatic rings. The summed E-state index contributed by atoms with van der Waals surface area (Å²) in [4.78, 5) is 30.2. The lowest BCUT2D eigenvalue weighted by molar-refractivity contribution is -0.132. The molecule has 1 aliphatic heterocycles. The second-order valence-corrected chi connectivity index (χ2v) is 6.32. The van der Waals surface area contributed by atoms with Crippen molar-refractivity contribution in [3.8, 4) is 0 Å². The minimum absolute atomic E-state index is 0.0386. The Hall–Kier alpha value is -2.71. The van der Waals surface area contributed by atoms with E-state index in [0.717, 1.165) is 31.5 Å². The minimum Gasteiger partial charge on any atom is -0.341 e. The molecule has 3 rings (SSSR count). The molecule has 0 unspecified atom stereocenters. The standard InChI is InChI=1S/C16H23N7O2/c1-13-8-18-22(9-13)10-14(24)19-16-17-12-23(20-16)11-15(25)21-6-4-2-3-5-7-21/h8-9,12H,2-7,10-11H2,1H3,(H,19,20,24). The van der Waals surface area contributed by atoms with E-state index in [4.69, 9.17) is 0 Å². The Morgan fingerprint density at radius 1 is 1.12 bits per heavy atom. The predicted octanol–water partition coefficient (Wildman–Crippen LogP) is 0.824. The Morgan fingerprint density at radius 2 is 1.88 bits per heavy atom. The molecule has 134 valence electrons. The summed E-state index contributed by atoms with van der Waals surface area (Å²) in [5, 5.41) is 10.8. The molecule has 0 saturated carbocycles. The second-order valence-electron chi connectivity index (χ2n) is 6.32. The van der Waals surface area contributed by atoms with Crippen LogP contribution < -0.4 is 5.32 Å². The number of amides is 2. The number of aromatic nitrogens is 5. The van der Waals surface area contributed by atoms with Crippen LogP contribution >= 0.6 is 0 Å². The van der Waals surface area contributed by atoms with Gasteiger partial charge in [-0.2, -0.15) is 5.10 Å². The third-order valence-corrected chi connectivity index (χ3v) is 4.11. The fourth-order valence-electron chi connectivity index (χ4n) is 2.85. The molecule has 1 N–H and O–H groups in total. The number of hydrogen-bond donors (Lipinski definition) is 1. The maximum absolute atomic E-state index is 12.3. The number of likely N-dealkylation sites (tertiary alicyclic amines) is 1. The second kappa shape index (κ2) is 7.91. The zero-order valence-corrected chi connectivity index (χ0v) is 14.4. The normalized spacial score (nSPS) is 15.0. The molecular weight excluding hydrogens is 322 g/mol. The molecule has 9 nitrogen and oxygen atoms in total. The van der Waals surface area contributed by atoms with E-state index >= 15 is 0 Å². The van der Waals surface area contributed by atoms with Crippen LogP contribution in [0.3, 0.4) is 0 Å². The summed E-state index contributed by atoms with van der Waals surface area (Å²) in [6, 6.07) is 0. The zero-order chi connectivity index (χ0) is 17.6. The van der Waals surface area contributed by atoms with E-state index in [-0.39, 0.29) is 30.9 Å². The summed E-state index contributed by atoms with van der Waals surface area (Å²) in [7, 11) is 0. The maximum atomic E-state index is 12.3. The molecule has 0 aliphatic carbocycles. The smallest absolute Gasteiger partial charge is 0.248 e. The highest BCUT2D eigenvalue weighted by atomic mass is 16.2. The minimum atomic E-state index is -0.264. The van der Waals surface area contributed by atoms with Crippen LogP contribution in [0.4, 0.5) is 5.95 Å². The quantitative estimate of drug-likeness (QED) is 0.865. The van der Waals surface area contributed by atoms with Gasteiger partial charge in [-0.3, -0.25) is 19.6 Å². The number of carbonyl (C=O) groups is 2. The van der Waals surface area contributed by atoms with Gasteiger partial charge in [0.1, 0.15) is 19.4 Å². The third-order valence-electron chi connectivity index (χ3n) is 4.11. The summed E-state index contributed by atoms with van der Waals surface area (Å²) in [5.74, 6) is -0.0334. The Labute approximate surface area is 146 Å². The van der Waals surface area contributed by atoms with E-state index in [2.05, 4.69) is 20.5 Å². The lowest BCUT2D eigenvalue weighted by Gasteiger charge is -2.19. The molecular formula is C16H23N7O2. The molecule has 9 heteroatoms. The summed E-state index contributed by atoms with van der Waals surface area (Å²) in [6.07, 6.45) is 9.40. The maximum Gasteiger partial charge on any atom is 0.248 e. The number of hydrogen-bond acceptors (Lipinski definition) is 5. The molecule has 0 aromatic carbocycles. The van der Waals surface area contributed by atoms with E-state index in [1.165, 1.54) is 23.9 Å². The molecule has 0 radical (unpaired) electrons. The van der Waals surface area contributed by atoms with Gasteiger partial charge >= 0.3 is 0 Å². The van der Waals surface area contributed by atoms with Crippen molar-refractivity contribution < 1.29 is 9.59 Å². The van der Waals surface area contributed by atoms with Crippen molar-refractivity contribution in [1.82, 2.24) is 29.4 Å². The van der Waals surface area contributed by atoms with Gasteiger partial charge in [0.2, 0.25) is 17.8 Å². The number of nitrogens with one attached hydrogen (secondary N) is 1. The van der Waals surface area contributed by atoms with Crippen LogP contribution in [0.2, 0.25) is 0 Å². The molecule has 2 amide bonds.